The third-order valence-corrected chi connectivity index (χ3v) is 3.13. The van der Waals surface area contributed by atoms with E-state index >= 15 is 0 Å². The van der Waals surface area contributed by atoms with Crippen LogP contribution in [0.3, 0.4) is 0 Å². The van der Waals surface area contributed by atoms with E-state index in [0.717, 1.165) is 10.5 Å². The van der Waals surface area contributed by atoms with Gasteiger partial charge in [0.25, 0.3) is 0 Å². The zero-order chi connectivity index (χ0) is 10.3. The van der Waals surface area contributed by atoms with Gasteiger partial charge in [-0.2, -0.15) is 0 Å². The summed E-state index contributed by atoms with van der Waals surface area (Å²) in [6.45, 7) is 4.18. The van der Waals surface area contributed by atoms with Crippen LogP contribution in [0.5, 0.6) is 0 Å². The number of hydrogen-bond acceptors (Lipinski definition) is 3. The number of benzene rings is 1. The van der Waals surface area contributed by atoms with Crippen molar-refractivity contribution in [1.29, 1.82) is 0 Å². The van der Waals surface area contributed by atoms with Gasteiger partial charge in [0.15, 0.2) is 0 Å². The zero-order valence-electron chi connectivity index (χ0n) is 8.96. The molecule has 0 saturated carbocycles. The summed E-state index contributed by atoms with van der Waals surface area (Å²) in [4.78, 5) is 6.67. The second-order valence-electron chi connectivity index (χ2n) is 3.76. The third kappa shape index (κ3) is 1.48. The summed E-state index contributed by atoms with van der Waals surface area (Å²) in [5, 5.41) is 1.13. The monoisotopic (exact) mass is 206 g/mol. The quantitative estimate of drug-likeness (QED) is 0.713. The number of hydrogen-bond donors (Lipinski definition) is 0. The maximum Gasteiger partial charge on any atom is 0.105 e. The molecule has 0 bridgehead atoms. The highest BCUT2D eigenvalue weighted by Gasteiger charge is 2.08. The van der Waals surface area contributed by atoms with E-state index < -0.39 is 0 Å². The largest absolute Gasteiger partial charge is 0.376 e. The molecule has 0 saturated heterocycles. The van der Waals surface area contributed by atoms with Gasteiger partial charge in [-0.05, 0) is 31.5 Å². The summed E-state index contributed by atoms with van der Waals surface area (Å²) in [7, 11) is 4.12. The van der Waals surface area contributed by atoms with Crippen LogP contribution in [0.25, 0.3) is 10.2 Å². The molecule has 0 radical (unpaired) electrons. The van der Waals surface area contributed by atoms with E-state index in [1.54, 1.807) is 11.3 Å². The van der Waals surface area contributed by atoms with E-state index in [0.29, 0.717) is 0 Å². The minimum atomic E-state index is 1.13. The van der Waals surface area contributed by atoms with Crippen molar-refractivity contribution in [1.82, 2.24) is 4.98 Å². The molecule has 0 spiro atoms. The molecule has 2 nitrogen and oxygen atoms in total. The predicted octanol–water partition coefficient (Wildman–Crippen LogP) is 2.98. The highest BCUT2D eigenvalue weighted by Crippen LogP contribution is 2.30. The lowest BCUT2D eigenvalue weighted by Crippen LogP contribution is -2.09. The molecule has 0 unspecified atom stereocenters. The van der Waals surface area contributed by atoms with Gasteiger partial charge in [0, 0.05) is 14.1 Å². The van der Waals surface area contributed by atoms with Crippen LogP contribution >= 0.6 is 11.3 Å². The van der Waals surface area contributed by atoms with Crippen LogP contribution in [0, 0.1) is 13.8 Å². The van der Waals surface area contributed by atoms with Crippen LogP contribution in [0.1, 0.15) is 10.6 Å². The molecule has 0 atom stereocenters. The van der Waals surface area contributed by atoms with Gasteiger partial charge in [0.2, 0.25) is 0 Å². The van der Waals surface area contributed by atoms with Gasteiger partial charge in [-0.25, -0.2) is 4.98 Å². The van der Waals surface area contributed by atoms with E-state index in [9.17, 15) is 0 Å². The first-order chi connectivity index (χ1) is 6.58. The number of anilines is 1. The van der Waals surface area contributed by atoms with Crippen molar-refractivity contribution in [3.05, 3.63) is 22.7 Å². The molecule has 0 aliphatic heterocycles. The first-order valence-electron chi connectivity index (χ1n) is 4.63. The fourth-order valence-corrected chi connectivity index (χ4v) is 2.54. The molecule has 74 valence electrons. The zero-order valence-corrected chi connectivity index (χ0v) is 9.77. The Morgan fingerprint density at radius 2 is 1.93 bits per heavy atom. The Kier molecular flexibility index (Phi) is 2.19. The molecule has 1 heterocycles. The van der Waals surface area contributed by atoms with Gasteiger partial charge >= 0.3 is 0 Å². The second-order valence-corrected chi connectivity index (χ2v) is 4.99. The van der Waals surface area contributed by atoms with Gasteiger partial charge in [0.05, 0.1) is 15.4 Å². The lowest BCUT2D eigenvalue weighted by molar-refractivity contribution is 1.13. The lowest BCUT2D eigenvalue weighted by Gasteiger charge is -2.13. The summed E-state index contributed by atoms with van der Waals surface area (Å²) in [5.41, 5.74) is 3.64. The molecule has 0 N–H and O–H groups in total. The fourth-order valence-electron chi connectivity index (χ4n) is 1.60. The second kappa shape index (κ2) is 3.24. The van der Waals surface area contributed by atoms with Crippen molar-refractivity contribution in [2.24, 2.45) is 0 Å². The molecular weight excluding hydrogens is 192 g/mol. The van der Waals surface area contributed by atoms with Crippen LogP contribution in [0.2, 0.25) is 0 Å². The fraction of sp³-hybridized carbons (Fsp3) is 0.364. The van der Waals surface area contributed by atoms with Crippen molar-refractivity contribution in [2.45, 2.75) is 13.8 Å². The number of aryl methyl sites for hydroxylation is 2. The van der Waals surface area contributed by atoms with Crippen LogP contribution in [-0.4, -0.2) is 19.1 Å². The molecule has 1 aromatic heterocycles. The first kappa shape index (κ1) is 9.46. The number of fused-ring (bicyclic) bond motifs is 1. The molecule has 1 aromatic carbocycles. The summed E-state index contributed by atoms with van der Waals surface area (Å²) in [6.07, 6.45) is 0. The van der Waals surface area contributed by atoms with E-state index in [1.807, 2.05) is 0 Å². The molecule has 0 amide bonds. The molecule has 0 fully saturated rings. The number of thiazole rings is 1. The third-order valence-electron chi connectivity index (χ3n) is 2.21. The number of nitrogens with zero attached hydrogens (tertiary/aromatic N) is 2. The van der Waals surface area contributed by atoms with E-state index in [4.69, 9.17) is 0 Å². The van der Waals surface area contributed by atoms with Crippen LogP contribution in [0.15, 0.2) is 12.1 Å². The van der Waals surface area contributed by atoms with Gasteiger partial charge in [-0.1, -0.05) is 0 Å². The highest BCUT2D eigenvalue weighted by atomic mass is 32.1. The average molecular weight is 206 g/mol. The molecular formula is C11H14N2S. The summed E-state index contributed by atoms with van der Waals surface area (Å²) in [5.74, 6) is 0. The smallest absolute Gasteiger partial charge is 0.105 e. The first-order valence-corrected chi connectivity index (χ1v) is 5.44. The Labute approximate surface area is 88.2 Å². The van der Waals surface area contributed by atoms with Crippen LogP contribution in [-0.2, 0) is 0 Å². The van der Waals surface area contributed by atoms with Crippen molar-refractivity contribution in [3.63, 3.8) is 0 Å². The normalized spacial score (nSPS) is 10.9. The minimum absolute atomic E-state index is 1.13. The maximum atomic E-state index is 4.55. The van der Waals surface area contributed by atoms with Crippen molar-refractivity contribution >= 4 is 27.2 Å². The topological polar surface area (TPSA) is 16.1 Å². The molecule has 0 aliphatic rings. The van der Waals surface area contributed by atoms with E-state index in [1.165, 1.54) is 16.0 Å². The SMILES string of the molecule is Cc1cc(N(C)C)c2nc(C)sc2c1. The van der Waals surface area contributed by atoms with Crippen molar-refractivity contribution < 1.29 is 0 Å². The Hall–Kier alpha value is -1.09. The molecule has 14 heavy (non-hydrogen) atoms. The predicted molar refractivity (Wildman–Crippen MR) is 63.4 cm³/mol. The Balaban J connectivity index is 2.79. The minimum Gasteiger partial charge on any atom is -0.376 e. The molecule has 0 aliphatic carbocycles. The summed E-state index contributed by atoms with van der Waals surface area (Å²) in [6, 6.07) is 4.38. The molecule has 3 heteroatoms. The lowest BCUT2D eigenvalue weighted by atomic mass is 10.2. The molecule has 2 aromatic rings. The summed E-state index contributed by atoms with van der Waals surface area (Å²) >= 11 is 1.76. The van der Waals surface area contributed by atoms with Crippen LogP contribution < -0.4 is 4.90 Å². The van der Waals surface area contributed by atoms with Gasteiger partial charge in [0.1, 0.15) is 5.52 Å². The highest BCUT2D eigenvalue weighted by molar-refractivity contribution is 7.18. The van der Waals surface area contributed by atoms with E-state index in [-0.39, 0.29) is 0 Å². The van der Waals surface area contributed by atoms with Gasteiger partial charge < -0.3 is 4.90 Å². The van der Waals surface area contributed by atoms with Gasteiger partial charge in [-0.3, -0.25) is 0 Å². The number of rotatable bonds is 1. The number of aromatic nitrogens is 1. The van der Waals surface area contributed by atoms with E-state index in [2.05, 4.69) is 50.0 Å². The Morgan fingerprint density at radius 3 is 2.57 bits per heavy atom. The van der Waals surface area contributed by atoms with Crippen molar-refractivity contribution in [3.8, 4) is 0 Å². The van der Waals surface area contributed by atoms with Gasteiger partial charge in [-0.15, -0.1) is 11.3 Å². The molecule has 2 rings (SSSR count). The Morgan fingerprint density at radius 1 is 1.21 bits per heavy atom. The van der Waals surface area contributed by atoms with Crippen LogP contribution in [0.4, 0.5) is 5.69 Å². The standard InChI is InChI=1S/C11H14N2S/c1-7-5-9(13(3)4)11-10(6-7)14-8(2)12-11/h5-6H,1-4H3. The average Bonchev–Trinajstić information content (AvgIpc) is 2.42. The maximum absolute atomic E-state index is 4.55. The Bertz CT molecular complexity index is 471. The van der Waals surface area contributed by atoms with Crippen molar-refractivity contribution in [2.75, 3.05) is 19.0 Å². The summed E-state index contributed by atoms with van der Waals surface area (Å²) < 4.78 is 1.28.